The molecule has 1 atom stereocenters. The van der Waals surface area contributed by atoms with E-state index in [0.717, 1.165) is 18.4 Å². The molecule has 3 rings (SSSR count). The summed E-state index contributed by atoms with van der Waals surface area (Å²) in [7, 11) is 1.58. The second-order valence-corrected chi connectivity index (χ2v) is 6.47. The molecule has 1 fully saturated rings. The van der Waals surface area contributed by atoms with Gasteiger partial charge in [-0.3, -0.25) is 9.78 Å². The minimum atomic E-state index is -0.558. The van der Waals surface area contributed by atoms with Gasteiger partial charge in [0.15, 0.2) is 11.5 Å². The molecular weight excluding hydrogens is 417 g/mol. The average molecular weight is 444 g/mol. The van der Waals surface area contributed by atoms with Gasteiger partial charge in [0.05, 0.1) is 13.2 Å². The van der Waals surface area contributed by atoms with Crippen molar-refractivity contribution in [2.75, 3.05) is 25.6 Å². The molecule has 0 bridgehead atoms. The molecule has 1 aromatic heterocycles. The predicted molar refractivity (Wildman–Crippen MR) is 116 cm³/mol. The van der Waals surface area contributed by atoms with Crippen LogP contribution in [0.25, 0.3) is 0 Å². The highest BCUT2D eigenvalue weighted by Crippen LogP contribution is 2.31. The van der Waals surface area contributed by atoms with E-state index in [0.29, 0.717) is 37.0 Å². The van der Waals surface area contributed by atoms with Gasteiger partial charge in [0.25, 0.3) is 0 Å². The van der Waals surface area contributed by atoms with Crippen LogP contribution < -0.4 is 20.5 Å². The molecule has 7 nitrogen and oxygen atoms in total. The maximum Gasteiger partial charge on any atom is 0.241 e. The topological polar surface area (TPSA) is 95.7 Å². The number of anilines is 1. The second kappa shape index (κ2) is 12.5. The van der Waals surface area contributed by atoms with E-state index >= 15 is 0 Å². The fourth-order valence-electron chi connectivity index (χ4n) is 3.02. The minimum absolute atomic E-state index is 0. The number of hydrogen-bond acceptors (Lipinski definition) is 6. The average Bonchev–Trinajstić information content (AvgIpc) is 2.73. The van der Waals surface area contributed by atoms with Crippen LogP contribution in [0, 0.1) is 5.92 Å². The van der Waals surface area contributed by atoms with Crippen molar-refractivity contribution in [2.24, 2.45) is 11.7 Å². The van der Waals surface area contributed by atoms with Crippen molar-refractivity contribution >= 4 is 36.4 Å². The van der Waals surface area contributed by atoms with Crippen molar-refractivity contribution < 1.29 is 19.0 Å². The van der Waals surface area contributed by atoms with Crippen LogP contribution in [0.3, 0.4) is 0 Å². The van der Waals surface area contributed by atoms with E-state index in [-0.39, 0.29) is 36.6 Å². The van der Waals surface area contributed by atoms with Gasteiger partial charge in [-0.15, -0.1) is 24.8 Å². The molecule has 3 N–H and O–H groups in total. The van der Waals surface area contributed by atoms with E-state index in [1.54, 1.807) is 37.7 Å². The molecule has 0 aliphatic carbocycles. The lowest BCUT2D eigenvalue weighted by Gasteiger charge is -2.26. The Morgan fingerprint density at radius 3 is 2.55 bits per heavy atom. The molecule has 0 saturated carbocycles. The van der Waals surface area contributed by atoms with Gasteiger partial charge in [-0.2, -0.15) is 0 Å². The number of benzene rings is 1. The molecule has 0 radical (unpaired) electrons. The Morgan fingerprint density at radius 2 is 1.90 bits per heavy atom. The molecule has 29 heavy (non-hydrogen) atoms. The summed E-state index contributed by atoms with van der Waals surface area (Å²) in [6, 6.07) is 8.48. The quantitative estimate of drug-likeness (QED) is 0.681. The van der Waals surface area contributed by atoms with Crippen molar-refractivity contribution in [3.05, 3.63) is 48.3 Å². The molecule has 0 spiro atoms. The van der Waals surface area contributed by atoms with E-state index in [2.05, 4.69) is 10.3 Å². The molecule has 1 saturated heterocycles. The number of amides is 1. The number of carbonyl (C=O) groups is 1. The zero-order valence-corrected chi connectivity index (χ0v) is 17.8. The van der Waals surface area contributed by atoms with Gasteiger partial charge in [-0.25, -0.2) is 0 Å². The molecule has 1 aliphatic heterocycles. The molecule has 2 heterocycles. The first-order valence-corrected chi connectivity index (χ1v) is 9.01. The van der Waals surface area contributed by atoms with Gasteiger partial charge < -0.3 is 25.3 Å². The van der Waals surface area contributed by atoms with E-state index in [1.165, 1.54) is 0 Å². The summed E-state index contributed by atoms with van der Waals surface area (Å²) in [4.78, 5) is 16.5. The highest BCUT2D eigenvalue weighted by atomic mass is 35.5. The van der Waals surface area contributed by atoms with Crippen LogP contribution >= 0.6 is 24.8 Å². The molecule has 1 aromatic carbocycles. The lowest BCUT2D eigenvalue weighted by atomic mass is 9.92. The van der Waals surface area contributed by atoms with E-state index in [1.807, 2.05) is 12.1 Å². The third-order valence-electron chi connectivity index (χ3n) is 4.65. The van der Waals surface area contributed by atoms with Crippen LogP contribution in [-0.2, 0) is 16.1 Å². The first-order valence-electron chi connectivity index (χ1n) is 9.01. The maximum absolute atomic E-state index is 12.5. The summed E-state index contributed by atoms with van der Waals surface area (Å²) in [5, 5.41) is 2.88. The Morgan fingerprint density at radius 1 is 1.21 bits per heavy atom. The normalized spacial score (nSPS) is 14.7. The zero-order chi connectivity index (χ0) is 19.1. The van der Waals surface area contributed by atoms with Crippen LogP contribution in [0.2, 0.25) is 0 Å². The summed E-state index contributed by atoms with van der Waals surface area (Å²) in [5.74, 6) is 1.08. The number of carbonyl (C=O) groups excluding carboxylic acids is 1. The molecule has 2 aromatic rings. The van der Waals surface area contributed by atoms with Gasteiger partial charge >= 0.3 is 0 Å². The number of aromatic nitrogens is 1. The van der Waals surface area contributed by atoms with E-state index in [9.17, 15) is 4.79 Å². The predicted octanol–water partition coefficient (Wildman–Crippen LogP) is 3.21. The van der Waals surface area contributed by atoms with Crippen molar-refractivity contribution in [1.82, 2.24) is 4.98 Å². The second-order valence-electron chi connectivity index (χ2n) is 6.47. The zero-order valence-electron chi connectivity index (χ0n) is 16.2. The van der Waals surface area contributed by atoms with E-state index < -0.39 is 6.04 Å². The fourth-order valence-corrected chi connectivity index (χ4v) is 3.02. The Balaban J connectivity index is 0.00000210. The maximum atomic E-state index is 12.5. The Bertz CT molecular complexity index is 759. The van der Waals surface area contributed by atoms with Gasteiger partial charge in [-0.05, 0) is 48.6 Å². The summed E-state index contributed by atoms with van der Waals surface area (Å²) in [5.41, 5.74) is 7.75. The van der Waals surface area contributed by atoms with Crippen molar-refractivity contribution in [3.63, 3.8) is 0 Å². The van der Waals surface area contributed by atoms with Gasteiger partial charge in [0, 0.05) is 37.4 Å². The first-order chi connectivity index (χ1) is 13.2. The van der Waals surface area contributed by atoms with E-state index in [4.69, 9.17) is 19.9 Å². The molecule has 1 aliphatic rings. The highest BCUT2D eigenvalue weighted by Gasteiger charge is 2.26. The third-order valence-corrected chi connectivity index (χ3v) is 4.65. The standard InChI is InChI=1S/C20H25N3O4.2ClH/c1-25-17-3-2-16(12-18(17)27-13-14-4-8-22-9-5-14)23-20(24)19(21)15-6-10-26-11-7-15;;/h2-5,8-9,12,15,19H,6-7,10-11,13,21H2,1H3,(H,23,24);2*1H. The highest BCUT2D eigenvalue weighted by molar-refractivity contribution is 5.95. The Labute approximate surface area is 183 Å². The number of pyridine rings is 1. The number of ether oxygens (including phenoxy) is 3. The smallest absolute Gasteiger partial charge is 0.241 e. The summed E-state index contributed by atoms with van der Waals surface area (Å²) in [6.07, 6.45) is 5.03. The van der Waals surface area contributed by atoms with Crippen LogP contribution in [0.4, 0.5) is 5.69 Å². The fraction of sp³-hybridized carbons (Fsp3) is 0.400. The van der Waals surface area contributed by atoms with Gasteiger partial charge in [-0.1, -0.05) is 0 Å². The van der Waals surface area contributed by atoms with Crippen LogP contribution in [0.15, 0.2) is 42.7 Å². The number of methoxy groups -OCH3 is 1. The SMILES string of the molecule is COc1ccc(NC(=O)C(N)C2CCOCC2)cc1OCc1ccncc1.Cl.Cl. The monoisotopic (exact) mass is 443 g/mol. The molecule has 160 valence electrons. The van der Waals surface area contributed by atoms with Crippen molar-refractivity contribution in [3.8, 4) is 11.5 Å². The summed E-state index contributed by atoms with van der Waals surface area (Å²) < 4.78 is 16.5. The van der Waals surface area contributed by atoms with Crippen molar-refractivity contribution in [2.45, 2.75) is 25.5 Å². The Hall–Kier alpha value is -2.06. The molecule has 1 unspecified atom stereocenters. The molecule has 1 amide bonds. The summed E-state index contributed by atoms with van der Waals surface area (Å²) in [6.45, 7) is 1.68. The molecule has 9 heteroatoms. The molecular formula is C20H27Cl2N3O4. The van der Waals surface area contributed by atoms with Gasteiger partial charge in [0.1, 0.15) is 6.61 Å². The van der Waals surface area contributed by atoms with Crippen molar-refractivity contribution in [1.29, 1.82) is 0 Å². The lowest BCUT2D eigenvalue weighted by molar-refractivity contribution is -0.119. The number of nitrogens with zero attached hydrogens (tertiary/aromatic N) is 1. The number of hydrogen-bond donors (Lipinski definition) is 2. The lowest BCUT2D eigenvalue weighted by Crippen LogP contribution is -2.44. The Kier molecular flexibility index (Phi) is 10.8. The van der Waals surface area contributed by atoms with Crippen LogP contribution in [0.1, 0.15) is 18.4 Å². The number of nitrogens with one attached hydrogen (secondary N) is 1. The van der Waals surface area contributed by atoms with Crippen LogP contribution in [-0.4, -0.2) is 37.3 Å². The largest absolute Gasteiger partial charge is 0.493 e. The number of nitrogens with two attached hydrogens (primary N) is 1. The number of halogens is 2. The third kappa shape index (κ3) is 7.04. The number of rotatable bonds is 7. The van der Waals surface area contributed by atoms with Gasteiger partial charge in [0.2, 0.25) is 5.91 Å². The van der Waals surface area contributed by atoms with Crippen LogP contribution in [0.5, 0.6) is 11.5 Å². The minimum Gasteiger partial charge on any atom is -0.493 e. The summed E-state index contributed by atoms with van der Waals surface area (Å²) >= 11 is 0. The first kappa shape index (κ1) is 25.0.